The van der Waals surface area contributed by atoms with E-state index in [2.05, 4.69) is 10.4 Å². The Balaban J connectivity index is 1.59. The molecule has 0 aromatic carbocycles. The Kier molecular flexibility index (Phi) is 6.45. The number of nitrogens with one attached hydrogen (secondary N) is 2. The van der Waals surface area contributed by atoms with Crippen LogP contribution in [0, 0.1) is 34.0 Å². The van der Waals surface area contributed by atoms with Crippen LogP contribution >= 0.6 is 0 Å². The Labute approximate surface area is 212 Å². The fourth-order valence-electron chi connectivity index (χ4n) is 5.53. The van der Waals surface area contributed by atoms with E-state index in [0.29, 0.717) is 24.6 Å². The van der Waals surface area contributed by atoms with Crippen molar-refractivity contribution in [3.05, 3.63) is 11.8 Å². The fourth-order valence-corrected chi connectivity index (χ4v) is 5.53. The number of alkyl halides is 3. The number of ether oxygens (including phenoxy) is 1. The van der Waals surface area contributed by atoms with Gasteiger partial charge in [0.2, 0.25) is 17.7 Å². The Bertz CT molecular complexity index is 1150. The zero-order valence-electron chi connectivity index (χ0n) is 21.3. The minimum absolute atomic E-state index is 0.0427. The van der Waals surface area contributed by atoms with Crippen LogP contribution in [0.3, 0.4) is 0 Å². The number of amides is 3. The third-order valence-electron chi connectivity index (χ3n) is 7.70. The molecule has 3 amide bonds. The van der Waals surface area contributed by atoms with Gasteiger partial charge in [-0.25, -0.2) is 4.68 Å². The van der Waals surface area contributed by atoms with Gasteiger partial charge in [-0.3, -0.25) is 14.4 Å². The molecular formula is C24H31F3N6O4. The highest BCUT2D eigenvalue weighted by atomic mass is 19.4. The van der Waals surface area contributed by atoms with Crippen LogP contribution in [0.4, 0.5) is 13.2 Å². The van der Waals surface area contributed by atoms with Crippen molar-refractivity contribution in [1.82, 2.24) is 25.3 Å². The molecule has 2 fully saturated rings. The zero-order chi connectivity index (χ0) is 27.5. The van der Waals surface area contributed by atoms with Crippen LogP contribution in [-0.4, -0.2) is 63.8 Å². The predicted molar refractivity (Wildman–Crippen MR) is 123 cm³/mol. The number of rotatable bonds is 5. The molecule has 3 aliphatic rings. The summed E-state index contributed by atoms with van der Waals surface area (Å²) in [6, 6.07) is -1.58. The molecule has 3 heterocycles. The van der Waals surface area contributed by atoms with E-state index >= 15 is 0 Å². The summed E-state index contributed by atoms with van der Waals surface area (Å²) in [5, 5.41) is 18.5. The Morgan fingerprint density at radius 3 is 2.51 bits per heavy atom. The summed E-state index contributed by atoms with van der Waals surface area (Å²) < 4.78 is 46.3. The van der Waals surface area contributed by atoms with Gasteiger partial charge in [0.1, 0.15) is 18.1 Å². The first-order valence-corrected chi connectivity index (χ1v) is 12.2. The van der Waals surface area contributed by atoms with E-state index < -0.39 is 47.4 Å². The first-order valence-electron chi connectivity index (χ1n) is 12.2. The largest absolute Gasteiger partial charge is 0.477 e. The normalized spacial score (nSPS) is 25.6. The highest BCUT2D eigenvalue weighted by molar-refractivity contribution is 5.95. The lowest BCUT2D eigenvalue weighted by molar-refractivity contribution is -0.176. The van der Waals surface area contributed by atoms with Crippen LogP contribution < -0.4 is 15.4 Å². The number of hydrogen-bond acceptors (Lipinski definition) is 6. The van der Waals surface area contributed by atoms with E-state index in [1.54, 1.807) is 4.68 Å². The van der Waals surface area contributed by atoms with Gasteiger partial charge in [-0.05, 0) is 22.7 Å². The Hall–Kier alpha value is -3.30. The minimum atomic E-state index is -5.16. The first kappa shape index (κ1) is 26.8. The number of hydrogen-bond donors (Lipinski definition) is 2. The molecule has 1 saturated carbocycles. The van der Waals surface area contributed by atoms with Crippen LogP contribution in [0.15, 0.2) is 6.20 Å². The summed E-state index contributed by atoms with van der Waals surface area (Å²) in [6.45, 7) is 9.76. The molecule has 1 aromatic heterocycles. The summed E-state index contributed by atoms with van der Waals surface area (Å²) in [7, 11) is 0. The number of nitriles is 1. The van der Waals surface area contributed by atoms with Crippen molar-refractivity contribution in [2.75, 3.05) is 13.2 Å². The summed E-state index contributed by atoms with van der Waals surface area (Å²) >= 11 is 0. The van der Waals surface area contributed by atoms with Crippen LogP contribution in [-0.2, 0) is 20.9 Å². The number of likely N-dealkylation sites (tertiary alicyclic amines) is 1. The molecule has 5 atom stereocenters. The van der Waals surface area contributed by atoms with Gasteiger partial charge < -0.3 is 20.3 Å². The molecule has 2 N–H and O–H groups in total. The van der Waals surface area contributed by atoms with Crippen LogP contribution in [0.2, 0.25) is 0 Å². The van der Waals surface area contributed by atoms with Crippen molar-refractivity contribution >= 4 is 17.7 Å². The number of carbonyl (C=O) groups excluding carboxylic acids is 3. The number of piperidine rings is 1. The van der Waals surface area contributed by atoms with E-state index in [9.17, 15) is 32.8 Å². The quantitative estimate of drug-likeness (QED) is 0.606. The van der Waals surface area contributed by atoms with Crippen molar-refractivity contribution < 1.29 is 32.3 Å². The molecule has 0 spiro atoms. The van der Waals surface area contributed by atoms with Gasteiger partial charge >= 0.3 is 12.1 Å². The predicted octanol–water partition coefficient (Wildman–Crippen LogP) is 1.92. The highest BCUT2D eigenvalue weighted by Crippen LogP contribution is 2.65. The number of fused-ring (bicyclic) bond motifs is 2. The van der Waals surface area contributed by atoms with Gasteiger partial charge in [-0.1, -0.05) is 34.6 Å². The summed E-state index contributed by atoms with van der Waals surface area (Å²) in [5.41, 5.74) is -0.943. The second-order valence-electron chi connectivity index (χ2n) is 11.6. The van der Waals surface area contributed by atoms with Crippen molar-refractivity contribution in [3.8, 4) is 11.9 Å². The molecule has 37 heavy (non-hydrogen) atoms. The smallest absolute Gasteiger partial charge is 0.471 e. The van der Waals surface area contributed by atoms with E-state index in [1.165, 1.54) is 31.9 Å². The third kappa shape index (κ3) is 4.73. The lowest BCUT2D eigenvalue weighted by Gasteiger charge is -2.37. The SMILES string of the molecule is CC(C)(C)[C@H](NC(=O)C(F)(F)F)C(=O)N1C[C@H]2[C@@H]([C@H]1C(=O)NC(C#N)c1cnn3c1OCCC3)C2(C)C. The Morgan fingerprint density at radius 1 is 1.24 bits per heavy atom. The maximum atomic E-state index is 13.6. The molecule has 1 saturated heterocycles. The molecule has 0 bridgehead atoms. The molecule has 1 aromatic rings. The van der Waals surface area contributed by atoms with Crippen molar-refractivity contribution in [1.29, 1.82) is 5.26 Å². The van der Waals surface area contributed by atoms with E-state index in [1.807, 2.05) is 25.2 Å². The summed E-state index contributed by atoms with van der Waals surface area (Å²) in [5.74, 6) is -3.48. The Morgan fingerprint density at radius 2 is 1.92 bits per heavy atom. The maximum Gasteiger partial charge on any atom is 0.471 e. The summed E-state index contributed by atoms with van der Waals surface area (Å²) in [4.78, 5) is 40.1. The molecule has 0 radical (unpaired) electrons. The molecule has 2 aliphatic heterocycles. The highest BCUT2D eigenvalue weighted by Gasteiger charge is 2.70. The minimum Gasteiger partial charge on any atom is -0.477 e. The maximum absolute atomic E-state index is 13.6. The molecular weight excluding hydrogens is 493 g/mol. The van der Waals surface area contributed by atoms with Gasteiger partial charge in [0, 0.05) is 19.5 Å². The average molecular weight is 525 g/mol. The molecule has 4 rings (SSSR count). The van der Waals surface area contributed by atoms with E-state index in [0.717, 1.165) is 6.42 Å². The van der Waals surface area contributed by atoms with Crippen molar-refractivity contribution in [2.24, 2.45) is 22.7 Å². The van der Waals surface area contributed by atoms with Gasteiger partial charge in [0.25, 0.3) is 0 Å². The summed E-state index contributed by atoms with van der Waals surface area (Å²) in [6.07, 6.45) is -2.95. The second-order valence-corrected chi connectivity index (χ2v) is 11.6. The molecule has 1 aliphatic carbocycles. The number of aromatic nitrogens is 2. The monoisotopic (exact) mass is 524 g/mol. The van der Waals surface area contributed by atoms with Crippen LogP contribution in [0.25, 0.3) is 0 Å². The fraction of sp³-hybridized carbons (Fsp3) is 0.708. The first-order chi connectivity index (χ1) is 17.1. The van der Waals surface area contributed by atoms with Crippen molar-refractivity contribution in [3.63, 3.8) is 0 Å². The molecule has 202 valence electrons. The number of halogens is 3. The number of nitrogens with zero attached hydrogens (tertiary/aromatic N) is 4. The van der Waals surface area contributed by atoms with Gasteiger partial charge in [0.05, 0.1) is 24.4 Å². The van der Waals surface area contributed by atoms with Crippen LogP contribution in [0.5, 0.6) is 5.88 Å². The third-order valence-corrected chi connectivity index (χ3v) is 7.70. The molecule has 13 heteroatoms. The zero-order valence-corrected chi connectivity index (χ0v) is 21.3. The van der Waals surface area contributed by atoms with Crippen LogP contribution in [0.1, 0.15) is 52.6 Å². The number of carbonyl (C=O) groups is 3. The lowest BCUT2D eigenvalue weighted by Crippen LogP contribution is -2.60. The van der Waals surface area contributed by atoms with E-state index in [4.69, 9.17) is 4.74 Å². The molecule has 1 unspecified atom stereocenters. The van der Waals surface area contributed by atoms with E-state index in [-0.39, 0.29) is 23.8 Å². The number of aryl methyl sites for hydroxylation is 1. The average Bonchev–Trinajstić information content (AvgIpc) is 3.19. The standard InChI is InChI=1S/C24H31F3N6O4/c1-22(2,3)17(31-21(36)24(25,26)27)19(35)32-11-13-15(23(13,4)5)16(32)18(34)30-14(9-28)12-10-29-33-7-6-8-37-20(12)33/h10,13-17H,6-8,11H2,1-5H3,(H,30,34)(H,31,36)/t13-,14?,15-,16-,17+/m0/s1. The van der Waals surface area contributed by atoms with Gasteiger partial charge in [-0.2, -0.15) is 23.5 Å². The topological polar surface area (TPSA) is 129 Å². The molecule has 10 nitrogen and oxygen atoms in total. The second kappa shape index (κ2) is 8.92. The van der Waals surface area contributed by atoms with Crippen molar-refractivity contribution in [2.45, 2.75) is 71.9 Å². The van der Waals surface area contributed by atoms with Gasteiger partial charge in [-0.15, -0.1) is 0 Å². The van der Waals surface area contributed by atoms with Gasteiger partial charge in [0.15, 0.2) is 0 Å². The lowest BCUT2D eigenvalue weighted by atomic mass is 9.85.